The molecule has 0 fully saturated rings. The quantitative estimate of drug-likeness (QED) is 0.223. The third-order valence-corrected chi connectivity index (χ3v) is 6.78. The second kappa shape index (κ2) is 13.0. The number of hydrogen-bond donors (Lipinski definition) is 2. The minimum Gasteiger partial charge on any atom is -0.481 e. The monoisotopic (exact) mass is 450 g/mol. The summed E-state index contributed by atoms with van der Waals surface area (Å²) in [6.45, 7) is 3.63. The Balaban J connectivity index is 1.64. The number of carboxylic acid groups (broad SMARTS) is 2. The van der Waals surface area contributed by atoms with Crippen molar-refractivity contribution in [2.24, 2.45) is 0 Å². The largest absolute Gasteiger partial charge is 0.481 e. The summed E-state index contributed by atoms with van der Waals surface area (Å²) in [5, 5.41) is 19.5. The molecule has 4 heteroatoms. The van der Waals surface area contributed by atoms with Crippen LogP contribution in [-0.4, -0.2) is 22.2 Å². The van der Waals surface area contributed by atoms with Crippen molar-refractivity contribution in [2.45, 2.75) is 82.5 Å². The summed E-state index contributed by atoms with van der Waals surface area (Å²) >= 11 is 0. The number of hydrogen-bond acceptors (Lipinski definition) is 2. The molecule has 33 heavy (non-hydrogen) atoms. The van der Waals surface area contributed by atoms with E-state index in [0.29, 0.717) is 12.8 Å². The Hall–Kier alpha value is -2.88. The lowest BCUT2D eigenvalue weighted by Crippen LogP contribution is -2.32. The maximum Gasteiger partial charge on any atom is 0.313 e. The maximum absolute atomic E-state index is 11.8. The van der Waals surface area contributed by atoms with Crippen LogP contribution in [-0.2, 0) is 20.4 Å². The Bertz CT molecular complexity index is 890. The van der Waals surface area contributed by atoms with Crippen LogP contribution >= 0.6 is 0 Å². The van der Waals surface area contributed by atoms with Gasteiger partial charge in [-0.05, 0) is 63.5 Å². The zero-order valence-corrected chi connectivity index (χ0v) is 20.0. The summed E-state index contributed by atoms with van der Waals surface area (Å²) in [7, 11) is 0. The first kappa shape index (κ1) is 26.4. The molecule has 0 aromatic heterocycles. The highest BCUT2D eigenvalue weighted by Gasteiger charge is 2.35. The highest BCUT2D eigenvalue weighted by atomic mass is 16.4. The smallest absolute Gasteiger partial charge is 0.313 e. The molecular formula is C29H38O4. The van der Waals surface area contributed by atoms with Gasteiger partial charge >= 0.3 is 11.9 Å². The molecule has 0 bridgehead atoms. The summed E-state index contributed by atoms with van der Waals surface area (Å²) < 4.78 is 0. The van der Waals surface area contributed by atoms with E-state index in [1.165, 1.54) is 0 Å². The summed E-state index contributed by atoms with van der Waals surface area (Å²) in [5.74, 6) is -1.53. The number of carboxylic acids is 2. The average molecular weight is 451 g/mol. The molecule has 2 N–H and O–H groups in total. The molecule has 2 aromatic carbocycles. The number of carbonyl (C=O) groups is 2. The molecule has 0 heterocycles. The van der Waals surface area contributed by atoms with Crippen molar-refractivity contribution in [1.82, 2.24) is 0 Å². The second-order valence-corrected chi connectivity index (χ2v) is 9.32. The van der Waals surface area contributed by atoms with E-state index < -0.39 is 22.8 Å². The van der Waals surface area contributed by atoms with Crippen molar-refractivity contribution in [3.63, 3.8) is 0 Å². The Labute approximate surface area is 198 Å². The van der Waals surface area contributed by atoms with Crippen LogP contribution in [0.4, 0.5) is 0 Å². The van der Waals surface area contributed by atoms with E-state index in [9.17, 15) is 19.8 Å². The Morgan fingerprint density at radius 1 is 0.636 bits per heavy atom. The predicted molar refractivity (Wildman–Crippen MR) is 134 cm³/mol. The fourth-order valence-corrected chi connectivity index (χ4v) is 4.26. The van der Waals surface area contributed by atoms with Gasteiger partial charge in [-0.25, -0.2) is 0 Å². The molecule has 178 valence electrons. The molecule has 2 atom stereocenters. The zero-order chi connectivity index (χ0) is 24.2. The van der Waals surface area contributed by atoms with E-state index in [2.05, 4.69) is 12.2 Å². The predicted octanol–water partition coefficient (Wildman–Crippen LogP) is 7.14. The van der Waals surface area contributed by atoms with Crippen LogP contribution in [0.3, 0.4) is 0 Å². The second-order valence-electron chi connectivity index (χ2n) is 9.32. The first-order chi connectivity index (χ1) is 15.8. The van der Waals surface area contributed by atoms with Gasteiger partial charge in [-0.15, -0.1) is 0 Å². The standard InChI is InChI=1S/C29H38O4/c1-28(26(30)31,24-18-12-10-13-19-24)22-16-8-6-4-3-5-7-9-17-23-29(2,27(32)33)25-20-14-11-15-21-25/h3-4,10-15,18-21H,5-9,16-17,22-23H2,1-2H3,(H,30,31)(H,32,33). The molecule has 0 aliphatic rings. The van der Waals surface area contributed by atoms with Gasteiger partial charge in [0.15, 0.2) is 0 Å². The number of benzene rings is 2. The van der Waals surface area contributed by atoms with E-state index in [0.717, 1.165) is 56.1 Å². The third-order valence-electron chi connectivity index (χ3n) is 6.78. The lowest BCUT2D eigenvalue weighted by molar-refractivity contribution is -0.144. The van der Waals surface area contributed by atoms with E-state index in [1.54, 1.807) is 0 Å². The number of aliphatic carboxylic acids is 2. The molecule has 0 aliphatic heterocycles. The van der Waals surface area contributed by atoms with Gasteiger partial charge in [0, 0.05) is 0 Å². The molecule has 0 aliphatic carbocycles. The molecule has 0 saturated carbocycles. The van der Waals surface area contributed by atoms with Gasteiger partial charge < -0.3 is 10.2 Å². The van der Waals surface area contributed by atoms with Crippen molar-refractivity contribution in [1.29, 1.82) is 0 Å². The van der Waals surface area contributed by atoms with Crippen LogP contribution in [0.15, 0.2) is 72.8 Å². The molecule has 4 nitrogen and oxygen atoms in total. The average Bonchev–Trinajstić information content (AvgIpc) is 2.83. The molecule has 0 saturated heterocycles. The normalized spacial score (nSPS) is 15.1. The molecule has 2 unspecified atom stereocenters. The zero-order valence-electron chi connectivity index (χ0n) is 20.0. The fraction of sp³-hybridized carbons (Fsp3) is 0.448. The lowest BCUT2D eigenvalue weighted by Gasteiger charge is -2.25. The van der Waals surface area contributed by atoms with Crippen LogP contribution in [0.25, 0.3) is 0 Å². The van der Waals surface area contributed by atoms with Gasteiger partial charge in [0.05, 0.1) is 10.8 Å². The van der Waals surface area contributed by atoms with Crippen molar-refractivity contribution in [2.75, 3.05) is 0 Å². The Morgan fingerprint density at radius 3 is 1.39 bits per heavy atom. The number of allylic oxidation sites excluding steroid dienone is 2. The van der Waals surface area contributed by atoms with Crippen LogP contribution in [0.2, 0.25) is 0 Å². The minimum absolute atomic E-state index is 0.629. The van der Waals surface area contributed by atoms with Crippen molar-refractivity contribution in [3.05, 3.63) is 83.9 Å². The van der Waals surface area contributed by atoms with E-state index in [-0.39, 0.29) is 0 Å². The molecule has 0 radical (unpaired) electrons. The van der Waals surface area contributed by atoms with Gasteiger partial charge in [-0.2, -0.15) is 0 Å². The SMILES string of the molecule is CC(CCCCC=CCCCCCC(C)(C(=O)O)c1ccccc1)(C(=O)O)c1ccccc1. The Morgan fingerprint density at radius 2 is 1.00 bits per heavy atom. The Kier molecular flexibility index (Phi) is 10.4. The summed E-state index contributed by atoms with van der Waals surface area (Å²) in [5.41, 5.74) is 0.0548. The van der Waals surface area contributed by atoms with E-state index in [4.69, 9.17) is 0 Å². The van der Waals surface area contributed by atoms with E-state index in [1.807, 2.05) is 74.5 Å². The molecule has 0 spiro atoms. The van der Waals surface area contributed by atoms with Crippen LogP contribution in [0.5, 0.6) is 0 Å². The van der Waals surface area contributed by atoms with Crippen molar-refractivity contribution < 1.29 is 19.8 Å². The molecular weight excluding hydrogens is 412 g/mol. The summed E-state index contributed by atoms with van der Waals surface area (Å²) in [4.78, 5) is 23.7. The van der Waals surface area contributed by atoms with Crippen LogP contribution in [0, 0.1) is 0 Å². The van der Waals surface area contributed by atoms with Gasteiger partial charge in [-0.1, -0.05) is 92.1 Å². The topological polar surface area (TPSA) is 74.6 Å². The minimum atomic E-state index is -0.838. The van der Waals surface area contributed by atoms with Crippen molar-refractivity contribution >= 4 is 11.9 Å². The number of rotatable bonds is 15. The van der Waals surface area contributed by atoms with Gasteiger partial charge in [0.2, 0.25) is 0 Å². The first-order valence-corrected chi connectivity index (χ1v) is 12.0. The highest BCUT2D eigenvalue weighted by Crippen LogP contribution is 2.31. The van der Waals surface area contributed by atoms with Crippen LogP contribution in [0.1, 0.15) is 82.8 Å². The van der Waals surface area contributed by atoms with Gasteiger partial charge in [0.25, 0.3) is 0 Å². The molecule has 2 rings (SSSR count). The first-order valence-electron chi connectivity index (χ1n) is 12.0. The van der Waals surface area contributed by atoms with Gasteiger partial charge in [0.1, 0.15) is 0 Å². The summed E-state index contributed by atoms with van der Waals surface area (Å²) in [6.07, 6.45) is 12.4. The van der Waals surface area contributed by atoms with Gasteiger partial charge in [-0.3, -0.25) is 9.59 Å². The highest BCUT2D eigenvalue weighted by molar-refractivity contribution is 5.81. The number of unbranched alkanes of at least 4 members (excludes halogenated alkanes) is 5. The fourth-order valence-electron chi connectivity index (χ4n) is 4.26. The molecule has 2 aromatic rings. The van der Waals surface area contributed by atoms with Crippen molar-refractivity contribution in [3.8, 4) is 0 Å². The van der Waals surface area contributed by atoms with Crippen LogP contribution < -0.4 is 0 Å². The summed E-state index contributed by atoms with van der Waals surface area (Å²) in [6, 6.07) is 19.0. The third kappa shape index (κ3) is 7.59. The molecule has 0 amide bonds. The van der Waals surface area contributed by atoms with E-state index >= 15 is 0 Å². The maximum atomic E-state index is 11.8. The lowest BCUT2D eigenvalue weighted by atomic mass is 9.78.